The number of aryl methyl sites for hydroxylation is 1. The van der Waals surface area contributed by atoms with Gasteiger partial charge in [0.2, 0.25) is 5.91 Å². The third-order valence-electron chi connectivity index (χ3n) is 5.36. The summed E-state index contributed by atoms with van der Waals surface area (Å²) in [5.41, 5.74) is 1.29. The minimum atomic E-state index is -4.48. The number of amides is 1. The minimum absolute atomic E-state index is 0.0380. The first kappa shape index (κ1) is 20.5. The van der Waals surface area contributed by atoms with Gasteiger partial charge in [0, 0.05) is 55.9 Å². The van der Waals surface area contributed by atoms with Crippen molar-refractivity contribution in [1.82, 2.24) is 14.9 Å². The summed E-state index contributed by atoms with van der Waals surface area (Å²) in [7, 11) is 0. The van der Waals surface area contributed by atoms with Gasteiger partial charge in [-0.25, -0.2) is 4.98 Å². The Morgan fingerprint density at radius 2 is 1.90 bits per heavy atom. The van der Waals surface area contributed by atoms with Crippen LogP contribution in [-0.2, 0) is 17.4 Å². The van der Waals surface area contributed by atoms with Crippen molar-refractivity contribution in [2.75, 3.05) is 31.1 Å². The molecule has 0 radical (unpaired) electrons. The Morgan fingerprint density at radius 1 is 1.17 bits per heavy atom. The average molecular weight is 437 g/mol. The first-order valence-electron chi connectivity index (χ1n) is 9.63. The number of aromatic nitrogens is 2. The number of rotatable bonds is 4. The quantitative estimate of drug-likeness (QED) is 0.654. The SMILES string of the molecule is O=C(CCc1c[nH]c2ccccc12)N1CCN(c2ncc(C(F)(F)F)cc2Cl)CC1. The fraction of sp³-hybridized carbons (Fsp3) is 0.333. The number of alkyl halides is 3. The predicted molar refractivity (Wildman–Crippen MR) is 110 cm³/mol. The van der Waals surface area contributed by atoms with Crippen molar-refractivity contribution in [1.29, 1.82) is 0 Å². The molecule has 1 N–H and O–H groups in total. The number of anilines is 1. The number of pyridine rings is 1. The highest BCUT2D eigenvalue weighted by Gasteiger charge is 2.32. The number of aromatic amines is 1. The maximum Gasteiger partial charge on any atom is 0.417 e. The summed E-state index contributed by atoms with van der Waals surface area (Å²) in [6, 6.07) is 8.86. The van der Waals surface area contributed by atoms with Gasteiger partial charge in [-0.15, -0.1) is 0 Å². The molecule has 1 saturated heterocycles. The lowest BCUT2D eigenvalue weighted by molar-refractivity contribution is -0.137. The van der Waals surface area contributed by atoms with Gasteiger partial charge in [-0.2, -0.15) is 13.2 Å². The van der Waals surface area contributed by atoms with Crippen LogP contribution in [0.3, 0.4) is 0 Å². The van der Waals surface area contributed by atoms with Gasteiger partial charge in [0.1, 0.15) is 5.82 Å². The van der Waals surface area contributed by atoms with Gasteiger partial charge < -0.3 is 14.8 Å². The molecule has 30 heavy (non-hydrogen) atoms. The predicted octanol–water partition coefficient (Wildman–Crippen LogP) is 4.52. The molecule has 1 aliphatic heterocycles. The second-order valence-electron chi connectivity index (χ2n) is 7.25. The van der Waals surface area contributed by atoms with Crippen LogP contribution in [0, 0.1) is 0 Å². The number of hydrogen-bond acceptors (Lipinski definition) is 3. The van der Waals surface area contributed by atoms with E-state index in [2.05, 4.69) is 9.97 Å². The molecule has 158 valence electrons. The second kappa shape index (κ2) is 8.18. The molecule has 9 heteroatoms. The van der Waals surface area contributed by atoms with E-state index in [1.807, 2.05) is 35.4 Å². The number of hydrogen-bond donors (Lipinski definition) is 1. The van der Waals surface area contributed by atoms with Crippen molar-refractivity contribution in [3.63, 3.8) is 0 Å². The maximum absolute atomic E-state index is 12.8. The maximum atomic E-state index is 12.8. The number of para-hydroxylation sites is 1. The number of carbonyl (C=O) groups excluding carboxylic acids is 1. The molecule has 2 aromatic heterocycles. The molecule has 0 saturated carbocycles. The number of nitrogens with zero attached hydrogens (tertiary/aromatic N) is 3. The van der Waals surface area contributed by atoms with Gasteiger partial charge in [-0.1, -0.05) is 29.8 Å². The highest BCUT2D eigenvalue weighted by molar-refractivity contribution is 6.33. The summed E-state index contributed by atoms with van der Waals surface area (Å²) in [4.78, 5) is 23.3. The Balaban J connectivity index is 1.33. The minimum Gasteiger partial charge on any atom is -0.361 e. The zero-order chi connectivity index (χ0) is 21.3. The van der Waals surface area contributed by atoms with E-state index >= 15 is 0 Å². The van der Waals surface area contributed by atoms with Crippen LogP contribution >= 0.6 is 11.6 Å². The Labute approximate surface area is 176 Å². The Hall–Kier alpha value is -2.74. The van der Waals surface area contributed by atoms with Gasteiger partial charge in [0.05, 0.1) is 10.6 Å². The number of fused-ring (bicyclic) bond motifs is 1. The molecule has 0 atom stereocenters. The molecule has 1 amide bonds. The van der Waals surface area contributed by atoms with Gasteiger partial charge in [0.15, 0.2) is 0 Å². The molecule has 1 aliphatic rings. The molecule has 4 rings (SSSR count). The summed E-state index contributed by atoms with van der Waals surface area (Å²) < 4.78 is 38.4. The number of benzene rings is 1. The van der Waals surface area contributed by atoms with E-state index in [0.717, 1.165) is 28.7 Å². The molecule has 0 spiro atoms. The second-order valence-corrected chi connectivity index (χ2v) is 7.66. The van der Waals surface area contributed by atoms with Crippen molar-refractivity contribution < 1.29 is 18.0 Å². The van der Waals surface area contributed by atoms with E-state index in [1.54, 1.807) is 4.90 Å². The lowest BCUT2D eigenvalue weighted by Gasteiger charge is -2.36. The molecule has 3 heterocycles. The monoisotopic (exact) mass is 436 g/mol. The lowest BCUT2D eigenvalue weighted by atomic mass is 10.1. The standard InChI is InChI=1S/C21H20ClF3N4O/c22-17-11-15(21(23,24)25)13-27-20(17)29-9-7-28(8-10-29)19(30)6-5-14-12-26-18-4-2-1-3-16(14)18/h1-4,11-13,26H,5-10H2. The summed E-state index contributed by atoms with van der Waals surface area (Å²) >= 11 is 6.03. The van der Waals surface area contributed by atoms with Crippen molar-refractivity contribution in [2.24, 2.45) is 0 Å². The van der Waals surface area contributed by atoms with Gasteiger partial charge in [-0.05, 0) is 24.1 Å². The van der Waals surface area contributed by atoms with Crippen molar-refractivity contribution in [3.05, 3.63) is 58.9 Å². The third-order valence-corrected chi connectivity index (χ3v) is 5.64. The van der Waals surface area contributed by atoms with Crippen LogP contribution in [0.5, 0.6) is 0 Å². The van der Waals surface area contributed by atoms with E-state index in [-0.39, 0.29) is 10.9 Å². The molecule has 0 aliphatic carbocycles. The normalized spacial score (nSPS) is 15.1. The van der Waals surface area contributed by atoms with Crippen molar-refractivity contribution >= 4 is 34.2 Å². The van der Waals surface area contributed by atoms with Crippen LogP contribution in [0.1, 0.15) is 17.5 Å². The van der Waals surface area contributed by atoms with E-state index < -0.39 is 11.7 Å². The molecule has 5 nitrogen and oxygen atoms in total. The number of carbonyl (C=O) groups is 1. The molecule has 0 bridgehead atoms. The van der Waals surface area contributed by atoms with Crippen LogP contribution in [-0.4, -0.2) is 47.0 Å². The van der Waals surface area contributed by atoms with Crippen LogP contribution < -0.4 is 4.90 Å². The average Bonchev–Trinajstić information content (AvgIpc) is 3.14. The molecule has 1 aromatic carbocycles. The van der Waals surface area contributed by atoms with Gasteiger partial charge in [-0.3, -0.25) is 4.79 Å². The smallest absolute Gasteiger partial charge is 0.361 e. The van der Waals surface area contributed by atoms with Crippen molar-refractivity contribution in [3.8, 4) is 0 Å². The largest absolute Gasteiger partial charge is 0.417 e. The zero-order valence-corrected chi connectivity index (χ0v) is 16.8. The van der Waals surface area contributed by atoms with Crippen LogP contribution in [0.15, 0.2) is 42.7 Å². The van der Waals surface area contributed by atoms with Gasteiger partial charge >= 0.3 is 6.18 Å². The Kier molecular flexibility index (Phi) is 5.60. The molecule has 0 unspecified atom stereocenters. The van der Waals surface area contributed by atoms with E-state index in [9.17, 15) is 18.0 Å². The first-order valence-corrected chi connectivity index (χ1v) is 10.0. The van der Waals surface area contributed by atoms with Crippen LogP contribution in [0.25, 0.3) is 10.9 Å². The molecular formula is C21H20ClF3N4O. The highest BCUT2D eigenvalue weighted by atomic mass is 35.5. The topological polar surface area (TPSA) is 52.2 Å². The summed E-state index contributed by atoms with van der Waals surface area (Å²) in [5, 5.41) is 1.09. The van der Waals surface area contributed by atoms with E-state index in [1.165, 1.54) is 0 Å². The van der Waals surface area contributed by atoms with Crippen LogP contribution in [0.2, 0.25) is 5.02 Å². The summed E-state index contributed by atoms with van der Waals surface area (Å²) in [5.74, 6) is 0.377. The lowest BCUT2D eigenvalue weighted by Crippen LogP contribution is -2.49. The highest BCUT2D eigenvalue weighted by Crippen LogP contribution is 2.33. The molecular weight excluding hydrogens is 417 g/mol. The molecule has 3 aromatic rings. The fourth-order valence-corrected chi connectivity index (χ4v) is 4.01. The Bertz CT molecular complexity index is 1060. The fourth-order valence-electron chi connectivity index (χ4n) is 3.72. The number of piperazine rings is 1. The van der Waals surface area contributed by atoms with E-state index in [0.29, 0.717) is 44.8 Å². The zero-order valence-electron chi connectivity index (χ0n) is 16.0. The Morgan fingerprint density at radius 3 is 2.60 bits per heavy atom. The molecule has 1 fully saturated rings. The number of H-pyrrole nitrogens is 1. The van der Waals surface area contributed by atoms with Crippen molar-refractivity contribution in [2.45, 2.75) is 19.0 Å². The number of halogens is 4. The third kappa shape index (κ3) is 4.23. The summed E-state index contributed by atoms with van der Waals surface area (Å²) in [6.45, 7) is 1.89. The van der Waals surface area contributed by atoms with Crippen LogP contribution in [0.4, 0.5) is 19.0 Å². The van der Waals surface area contributed by atoms with E-state index in [4.69, 9.17) is 11.6 Å². The van der Waals surface area contributed by atoms with Gasteiger partial charge in [0.25, 0.3) is 0 Å². The summed E-state index contributed by atoms with van der Waals surface area (Å²) in [6.07, 6.45) is -0.699. The first-order chi connectivity index (χ1) is 14.3. The number of nitrogens with one attached hydrogen (secondary N) is 1.